The van der Waals surface area contributed by atoms with E-state index in [4.69, 9.17) is 4.74 Å². The fraction of sp³-hybridized carbons (Fsp3) is 0.471. The number of carbonyl (C=O) groups is 1. The van der Waals surface area contributed by atoms with Crippen LogP contribution in [0.25, 0.3) is 0 Å². The third kappa shape index (κ3) is 2.33. The molecular formula is C17H21NO3. The molecule has 1 aliphatic heterocycles. The van der Waals surface area contributed by atoms with Gasteiger partial charge in [0.1, 0.15) is 0 Å². The van der Waals surface area contributed by atoms with E-state index in [1.165, 1.54) is 0 Å². The smallest absolute Gasteiger partial charge is 0.162 e. The second-order valence-electron chi connectivity index (χ2n) is 6.09. The van der Waals surface area contributed by atoms with E-state index in [0.29, 0.717) is 12.2 Å². The highest BCUT2D eigenvalue weighted by Gasteiger charge is 2.39. The van der Waals surface area contributed by atoms with Crippen molar-refractivity contribution in [2.75, 3.05) is 20.7 Å². The summed E-state index contributed by atoms with van der Waals surface area (Å²) in [5.41, 5.74) is 1.80. The molecule has 21 heavy (non-hydrogen) atoms. The summed E-state index contributed by atoms with van der Waals surface area (Å²) in [4.78, 5) is 13.8. The highest BCUT2D eigenvalue weighted by atomic mass is 16.5. The Morgan fingerprint density at radius 3 is 2.81 bits per heavy atom. The molecule has 0 unspecified atom stereocenters. The van der Waals surface area contributed by atoms with Crippen molar-refractivity contribution in [3.8, 4) is 11.5 Å². The highest BCUT2D eigenvalue weighted by Crippen LogP contribution is 2.48. The largest absolute Gasteiger partial charge is 0.504 e. The van der Waals surface area contributed by atoms with E-state index < -0.39 is 0 Å². The third-order valence-corrected chi connectivity index (χ3v) is 4.73. The Labute approximate surface area is 125 Å². The molecule has 0 bridgehead atoms. The fourth-order valence-electron chi connectivity index (χ4n) is 3.53. The molecule has 0 amide bonds. The van der Waals surface area contributed by atoms with Crippen LogP contribution in [0.4, 0.5) is 0 Å². The molecule has 0 fully saturated rings. The summed E-state index contributed by atoms with van der Waals surface area (Å²) in [6.45, 7) is 1.74. The Hall–Kier alpha value is -1.81. The van der Waals surface area contributed by atoms with Gasteiger partial charge in [-0.1, -0.05) is 12.1 Å². The van der Waals surface area contributed by atoms with Gasteiger partial charge in [0, 0.05) is 23.9 Å². The molecule has 4 nitrogen and oxygen atoms in total. The summed E-state index contributed by atoms with van der Waals surface area (Å²) in [6, 6.07) is 3.85. The van der Waals surface area contributed by atoms with Gasteiger partial charge in [-0.15, -0.1) is 0 Å². The van der Waals surface area contributed by atoms with Crippen LogP contribution in [0.5, 0.6) is 11.5 Å². The number of carbonyl (C=O) groups excluding carboxylic acids is 1. The lowest BCUT2D eigenvalue weighted by Crippen LogP contribution is -2.30. The maximum Gasteiger partial charge on any atom is 0.162 e. The van der Waals surface area contributed by atoms with Crippen molar-refractivity contribution in [1.82, 2.24) is 4.90 Å². The van der Waals surface area contributed by atoms with Crippen LogP contribution < -0.4 is 4.74 Å². The van der Waals surface area contributed by atoms with Crippen molar-refractivity contribution >= 4 is 5.78 Å². The maximum absolute atomic E-state index is 11.6. The van der Waals surface area contributed by atoms with Crippen molar-refractivity contribution in [3.05, 3.63) is 35.4 Å². The van der Waals surface area contributed by atoms with Gasteiger partial charge in [-0.05, 0) is 44.1 Å². The van der Waals surface area contributed by atoms with Gasteiger partial charge in [-0.2, -0.15) is 0 Å². The lowest BCUT2D eigenvalue weighted by molar-refractivity contribution is -0.115. The molecule has 0 saturated carbocycles. The van der Waals surface area contributed by atoms with Crippen molar-refractivity contribution in [3.63, 3.8) is 0 Å². The number of aromatic hydroxyl groups is 1. The highest BCUT2D eigenvalue weighted by molar-refractivity contribution is 5.91. The molecule has 2 aliphatic rings. The van der Waals surface area contributed by atoms with Crippen LogP contribution in [-0.2, 0) is 16.8 Å². The van der Waals surface area contributed by atoms with Gasteiger partial charge in [-0.25, -0.2) is 0 Å². The zero-order valence-corrected chi connectivity index (χ0v) is 12.6. The molecule has 0 radical (unpaired) electrons. The zero-order chi connectivity index (χ0) is 15.0. The van der Waals surface area contributed by atoms with Crippen molar-refractivity contribution in [1.29, 1.82) is 0 Å². The summed E-state index contributed by atoms with van der Waals surface area (Å²) >= 11 is 0. The monoisotopic (exact) mass is 287 g/mol. The number of phenolic OH excluding ortho intramolecular Hbond substituents is 1. The average Bonchev–Trinajstić information content (AvgIpc) is 2.61. The summed E-state index contributed by atoms with van der Waals surface area (Å²) in [6.07, 6.45) is 5.87. The summed E-state index contributed by atoms with van der Waals surface area (Å²) in [5.74, 6) is 0.898. The number of hydrogen-bond acceptors (Lipinski definition) is 4. The first-order chi connectivity index (χ1) is 10.1. The van der Waals surface area contributed by atoms with Crippen LogP contribution in [0, 0.1) is 0 Å². The molecule has 4 heteroatoms. The lowest BCUT2D eigenvalue weighted by atomic mass is 9.69. The first kappa shape index (κ1) is 14.1. The molecule has 112 valence electrons. The van der Waals surface area contributed by atoms with Crippen LogP contribution in [0.2, 0.25) is 0 Å². The Kier molecular flexibility index (Phi) is 3.49. The number of phenols is 1. The zero-order valence-electron chi connectivity index (χ0n) is 12.6. The average molecular weight is 287 g/mol. The number of fused-ring (bicyclic) bond motifs is 2. The maximum atomic E-state index is 11.6. The number of rotatable bonds is 1. The number of benzene rings is 1. The second kappa shape index (κ2) is 5.19. The predicted molar refractivity (Wildman–Crippen MR) is 80.7 cm³/mol. The number of hydrogen-bond donors (Lipinski definition) is 1. The second-order valence-corrected chi connectivity index (χ2v) is 6.09. The van der Waals surface area contributed by atoms with E-state index in [1.54, 1.807) is 13.2 Å². The van der Waals surface area contributed by atoms with Crippen LogP contribution >= 0.6 is 0 Å². The quantitative estimate of drug-likeness (QED) is 0.861. The first-order valence-electron chi connectivity index (χ1n) is 7.36. The fourth-order valence-corrected chi connectivity index (χ4v) is 3.53. The standard InChI is InChI=1S/C17H21NO3/c1-18-10-9-17(7-5-13(19)6-8-17)15-12(11-18)3-4-14(21-2)16(15)20/h3-5,7,20H,6,8-11H2,1-2H3/t17-/m1/s1. The van der Waals surface area contributed by atoms with Crippen molar-refractivity contribution in [2.45, 2.75) is 31.2 Å². The summed E-state index contributed by atoms with van der Waals surface area (Å²) in [7, 11) is 3.65. The van der Waals surface area contributed by atoms with Crippen LogP contribution in [0.3, 0.4) is 0 Å². The van der Waals surface area contributed by atoms with Gasteiger partial charge >= 0.3 is 0 Å². The number of nitrogens with zero attached hydrogens (tertiary/aromatic N) is 1. The molecule has 1 spiro atoms. The molecule has 3 rings (SSSR count). The van der Waals surface area contributed by atoms with Crippen LogP contribution in [0.15, 0.2) is 24.3 Å². The molecule has 1 aromatic rings. The molecule has 1 N–H and O–H groups in total. The third-order valence-electron chi connectivity index (χ3n) is 4.73. The van der Waals surface area contributed by atoms with Crippen LogP contribution in [-0.4, -0.2) is 36.5 Å². The van der Waals surface area contributed by atoms with E-state index in [1.807, 2.05) is 18.2 Å². The normalized spacial score (nSPS) is 25.7. The van der Waals surface area contributed by atoms with Crippen molar-refractivity contribution in [2.24, 2.45) is 0 Å². The Bertz CT molecular complexity index is 608. The summed E-state index contributed by atoms with van der Waals surface area (Å²) < 4.78 is 5.28. The molecule has 1 aliphatic carbocycles. The van der Waals surface area contributed by atoms with E-state index in [0.717, 1.165) is 37.1 Å². The predicted octanol–water partition coefficient (Wildman–Crippen LogP) is 2.39. The number of ketones is 1. The van der Waals surface area contributed by atoms with E-state index in [9.17, 15) is 9.90 Å². The minimum atomic E-state index is -0.257. The topological polar surface area (TPSA) is 49.8 Å². The van der Waals surface area contributed by atoms with Gasteiger partial charge in [0.2, 0.25) is 0 Å². The Morgan fingerprint density at radius 1 is 1.33 bits per heavy atom. The molecule has 1 atom stereocenters. The van der Waals surface area contributed by atoms with Gasteiger partial charge in [0.25, 0.3) is 0 Å². The Morgan fingerprint density at radius 2 is 2.14 bits per heavy atom. The molecule has 0 saturated heterocycles. The first-order valence-corrected chi connectivity index (χ1v) is 7.36. The van der Waals surface area contributed by atoms with Gasteiger partial charge in [0.15, 0.2) is 17.3 Å². The molecule has 1 aromatic carbocycles. The van der Waals surface area contributed by atoms with Gasteiger partial charge in [0.05, 0.1) is 7.11 Å². The SMILES string of the molecule is COc1ccc2c(c1O)[C@@]1(C=CC(=O)CC1)CCN(C)C2. The lowest BCUT2D eigenvalue weighted by Gasteiger charge is -2.34. The number of allylic oxidation sites excluding steroid dienone is 2. The van der Waals surface area contributed by atoms with Crippen LogP contribution in [0.1, 0.15) is 30.4 Å². The molecule has 1 heterocycles. The van der Waals surface area contributed by atoms with Crippen molar-refractivity contribution < 1.29 is 14.6 Å². The number of ether oxygens (including phenoxy) is 1. The number of methoxy groups -OCH3 is 1. The van der Waals surface area contributed by atoms with Gasteiger partial charge < -0.3 is 14.7 Å². The minimum absolute atomic E-state index is 0.169. The van der Waals surface area contributed by atoms with Gasteiger partial charge in [-0.3, -0.25) is 4.79 Å². The Balaban J connectivity index is 2.20. The molecular weight excluding hydrogens is 266 g/mol. The van der Waals surface area contributed by atoms with E-state index in [-0.39, 0.29) is 16.9 Å². The summed E-state index contributed by atoms with van der Waals surface area (Å²) in [5, 5.41) is 10.7. The minimum Gasteiger partial charge on any atom is -0.504 e. The molecule has 0 aromatic heterocycles. The van der Waals surface area contributed by atoms with E-state index >= 15 is 0 Å². The van der Waals surface area contributed by atoms with E-state index in [2.05, 4.69) is 11.9 Å².